The Hall–Kier alpha value is -3.06. The van der Waals surface area contributed by atoms with Gasteiger partial charge in [-0.05, 0) is 32.3 Å². The zero-order valence-corrected chi connectivity index (χ0v) is 13.4. The Morgan fingerprint density at radius 1 is 1.21 bits per heavy atom. The lowest BCUT2D eigenvalue weighted by Crippen LogP contribution is -2.16. The third-order valence-corrected chi connectivity index (χ3v) is 3.51. The van der Waals surface area contributed by atoms with E-state index in [1.807, 2.05) is 43.3 Å². The van der Waals surface area contributed by atoms with Crippen LogP contribution in [0.2, 0.25) is 0 Å². The van der Waals surface area contributed by atoms with Crippen LogP contribution in [0.1, 0.15) is 10.4 Å². The molecule has 1 N–H and O–H groups in total. The van der Waals surface area contributed by atoms with Crippen LogP contribution in [-0.2, 0) is 6.67 Å². The zero-order valence-electron chi connectivity index (χ0n) is 13.4. The highest BCUT2D eigenvalue weighted by molar-refractivity contribution is 5.97. The number of azo groups is 1. The minimum absolute atomic E-state index is 0.0174. The highest BCUT2D eigenvalue weighted by atomic mass is 16.3. The second-order valence-electron chi connectivity index (χ2n) is 5.58. The van der Waals surface area contributed by atoms with E-state index in [4.69, 9.17) is 0 Å². The third kappa shape index (κ3) is 3.02. The van der Waals surface area contributed by atoms with Gasteiger partial charge in [0.1, 0.15) is 0 Å². The number of benzene rings is 1. The van der Waals surface area contributed by atoms with Crippen LogP contribution < -0.4 is 0 Å². The summed E-state index contributed by atoms with van der Waals surface area (Å²) in [5.41, 5.74) is 1.51. The van der Waals surface area contributed by atoms with Crippen molar-refractivity contribution in [2.45, 2.75) is 6.67 Å². The molecule has 24 heavy (non-hydrogen) atoms. The standard InChI is InChI=1S/C17H17N5O2/c1-21(2)11-22-14-6-4-3-5-13(14)15(17(22)24)19-20-16(23)12-7-9-18-10-8-12/h3-10,24H,11H2,1-2H3. The highest BCUT2D eigenvalue weighted by Crippen LogP contribution is 2.38. The van der Waals surface area contributed by atoms with Gasteiger partial charge in [-0.3, -0.25) is 19.2 Å². The monoisotopic (exact) mass is 323 g/mol. The lowest BCUT2D eigenvalue weighted by molar-refractivity contribution is 0.0995. The van der Waals surface area contributed by atoms with Gasteiger partial charge in [0.15, 0.2) is 5.69 Å². The van der Waals surface area contributed by atoms with Crippen molar-refractivity contribution in [3.63, 3.8) is 0 Å². The fourth-order valence-electron chi connectivity index (χ4n) is 2.44. The lowest BCUT2D eigenvalue weighted by Gasteiger charge is -2.12. The second-order valence-corrected chi connectivity index (χ2v) is 5.58. The molecule has 122 valence electrons. The number of aromatic hydroxyl groups is 1. The Labute approximate surface area is 138 Å². The normalized spacial score (nSPS) is 11.6. The molecule has 2 aromatic heterocycles. The van der Waals surface area contributed by atoms with E-state index in [1.165, 1.54) is 12.4 Å². The number of rotatable bonds is 4. The largest absolute Gasteiger partial charge is 0.493 e. The SMILES string of the molecule is CN(C)Cn1c(O)c(N=NC(=O)c2ccncc2)c2ccccc21. The number of amides is 1. The lowest BCUT2D eigenvalue weighted by atomic mass is 10.2. The maximum absolute atomic E-state index is 12.1. The number of hydrogen-bond donors (Lipinski definition) is 1. The summed E-state index contributed by atoms with van der Waals surface area (Å²) in [4.78, 5) is 17.9. The molecule has 0 unspecified atom stereocenters. The zero-order chi connectivity index (χ0) is 17.1. The number of hydrogen-bond acceptors (Lipinski definition) is 5. The second kappa shape index (κ2) is 6.59. The molecule has 0 fully saturated rings. The van der Waals surface area contributed by atoms with E-state index in [0.29, 0.717) is 12.2 Å². The summed E-state index contributed by atoms with van der Waals surface area (Å²) >= 11 is 0. The maximum atomic E-state index is 12.1. The van der Waals surface area contributed by atoms with Crippen molar-refractivity contribution in [2.24, 2.45) is 10.2 Å². The summed E-state index contributed by atoms with van der Waals surface area (Å²) in [6.45, 7) is 0.486. The van der Waals surface area contributed by atoms with Gasteiger partial charge in [0.25, 0.3) is 5.91 Å². The van der Waals surface area contributed by atoms with Gasteiger partial charge in [-0.25, -0.2) is 0 Å². The predicted octanol–water partition coefficient (Wildman–Crippen LogP) is 3.19. The van der Waals surface area contributed by atoms with Crippen molar-refractivity contribution in [3.8, 4) is 5.88 Å². The summed E-state index contributed by atoms with van der Waals surface area (Å²) < 4.78 is 1.72. The maximum Gasteiger partial charge on any atom is 0.295 e. The molecule has 0 aliphatic rings. The topological polar surface area (TPSA) is 83.1 Å². The van der Waals surface area contributed by atoms with Gasteiger partial charge in [-0.15, -0.1) is 10.2 Å². The summed E-state index contributed by atoms with van der Waals surface area (Å²) in [5.74, 6) is -0.502. The van der Waals surface area contributed by atoms with Gasteiger partial charge in [0, 0.05) is 23.3 Å². The number of para-hydroxylation sites is 1. The molecule has 0 saturated heterocycles. The molecule has 0 saturated carbocycles. The quantitative estimate of drug-likeness (QED) is 0.747. The Morgan fingerprint density at radius 2 is 1.92 bits per heavy atom. The summed E-state index contributed by atoms with van der Waals surface area (Å²) in [7, 11) is 3.81. The Bertz CT molecular complexity index is 900. The first-order valence-electron chi connectivity index (χ1n) is 7.39. The van der Waals surface area contributed by atoms with Gasteiger partial charge in [-0.2, -0.15) is 0 Å². The van der Waals surface area contributed by atoms with E-state index in [0.717, 1.165) is 10.9 Å². The molecule has 0 bridgehead atoms. The average Bonchev–Trinajstić information content (AvgIpc) is 2.85. The molecule has 0 aliphatic carbocycles. The van der Waals surface area contributed by atoms with Gasteiger partial charge in [0.2, 0.25) is 5.88 Å². The fraction of sp³-hybridized carbons (Fsp3) is 0.176. The van der Waals surface area contributed by atoms with E-state index in [1.54, 1.807) is 16.7 Å². The Balaban J connectivity index is 2.02. The number of aromatic nitrogens is 2. The summed E-state index contributed by atoms with van der Waals surface area (Å²) in [5, 5.41) is 19.0. The number of carbonyl (C=O) groups excluding carboxylic acids is 1. The summed E-state index contributed by atoms with van der Waals surface area (Å²) in [6, 6.07) is 10.6. The van der Waals surface area contributed by atoms with E-state index < -0.39 is 5.91 Å². The Morgan fingerprint density at radius 3 is 2.62 bits per heavy atom. The van der Waals surface area contributed by atoms with Crippen LogP contribution in [0.25, 0.3) is 10.9 Å². The third-order valence-electron chi connectivity index (χ3n) is 3.51. The minimum atomic E-state index is -0.485. The van der Waals surface area contributed by atoms with Crippen LogP contribution in [0.15, 0.2) is 59.0 Å². The molecule has 0 radical (unpaired) electrons. The first-order chi connectivity index (χ1) is 11.6. The molecule has 3 rings (SSSR count). The van der Waals surface area contributed by atoms with Crippen molar-refractivity contribution in [1.29, 1.82) is 0 Å². The molecule has 7 nitrogen and oxygen atoms in total. The van der Waals surface area contributed by atoms with E-state index in [2.05, 4.69) is 15.2 Å². The van der Waals surface area contributed by atoms with Gasteiger partial charge >= 0.3 is 0 Å². The molecule has 0 spiro atoms. The van der Waals surface area contributed by atoms with Crippen molar-refractivity contribution < 1.29 is 9.90 Å². The van der Waals surface area contributed by atoms with Crippen LogP contribution in [0, 0.1) is 0 Å². The highest BCUT2D eigenvalue weighted by Gasteiger charge is 2.17. The van der Waals surface area contributed by atoms with Gasteiger partial charge < -0.3 is 5.11 Å². The van der Waals surface area contributed by atoms with Gasteiger partial charge in [0.05, 0.1) is 12.2 Å². The van der Waals surface area contributed by atoms with Crippen LogP contribution in [0.4, 0.5) is 5.69 Å². The van der Waals surface area contributed by atoms with Crippen LogP contribution >= 0.6 is 0 Å². The molecular weight excluding hydrogens is 306 g/mol. The Kier molecular flexibility index (Phi) is 4.35. The van der Waals surface area contributed by atoms with Crippen molar-refractivity contribution in [2.75, 3.05) is 14.1 Å². The first kappa shape index (κ1) is 15.8. The van der Waals surface area contributed by atoms with E-state index >= 15 is 0 Å². The fourth-order valence-corrected chi connectivity index (χ4v) is 2.44. The van der Waals surface area contributed by atoms with E-state index in [-0.39, 0.29) is 11.6 Å². The average molecular weight is 323 g/mol. The first-order valence-corrected chi connectivity index (χ1v) is 7.39. The number of fused-ring (bicyclic) bond motifs is 1. The van der Waals surface area contributed by atoms with Crippen molar-refractivity contribution in [1.82, 2.24) is 14.5 Å². The number of carbonyl (C=O) groups is 1. The van der Waals surface area contributed by atoms with Crippen LogP contribution in [0.3, 0.4) is 0 Å². The molecular formula is C17H17N5O2. The molecule has 1 aromatic carbocycles. The molecule has 3 aromatic rings. The van der Waals surface area contributed by atoms with Crippen molar-refractivity contribution in [3.05, 3.63) is 54.4 Å². The van der Waals surface area contributed by atoms with Crippen molar-refractivity contribution >= 4 is 22.5 Å². The molecule has 0 atom stereocenters. The molecule has 7 heteroatoms. The van der Waals surface area contributed by atoms with Crippen LogP contribution in [0.5, 0.6) is 5.88 Å². The molecule has 2 heterocycles. The van der Waals surface area contributed by atoms with E-state index in [9.17, 15) is 9.90 Å². The minimum Gasteiger partial charge on any atom is -0.493 e. The number of nitrogens with zero attached hydrogens (tertiary/aromatic N) is 5. The predicted molar refractivity (Wildman–Crippen MR) is 90.4 cm³/mol. The smallest absolute Gasteiger partial charge is 0.295 e. The van der Waals surface area contributed by atoms with Gasteiger partial charge in [-0.1, -0.05) is 18.2 Å². The molecule has 0 aliphatic heterocycles. The summed E-state index contributed by atoms with van der Waals surface area (Å²) in [6.07, 6.45) is 3.03. The molecule has 1 amide bonds. The van der Waals surface area contributed by atoms with Crippen LogP contribution in [-0.4, -0.2) is 39.6 Å². The number of pyridine rings is 1.